The van der Waals surface area contributed by atoms with Gasteiger partial charge in [-0.15, -0.1) is 0 Å². The van der Waals surface area contributed by atoms with Gasteiger partial charge in [0, 0.05) is 23.6 Å². The lowest BCUT2D eigenvalue weighted by Gasteiger charge is -1.97. The van der Waals surface area contributed by atoms with E-state index < -0.39 is 15.7 Å². The van der Waals surface area contributed by atoms with Crippen molar-refractivity contribution >= 4 is 26.6 Å². The molecule has 0 bridgehead atoms. The predicted molar refractivity (Wildman–Crippen MR) is 69.6 cm³/mol. The summed E-state index contributed by atoms with van der Waals surface area (Å²) in [5, 5.41) is 0.530. The van der Waals surface area contributed by atoms with Gasteiger partial charge in [-0.25, -0.2) is 12.8 Å². The summed E-state index contributed by atoms with van der Waals surface area (Å²) in [5.41, 5.74) is 0.953. The minimum Gasteiger partial charge on any atom is -0.453 e. The Morgan fingerprint density at radius 2 is 2.05 bits per heavy atom. The molecule has 19 heavy (non-hydrogen) atoms. The van der Waals surface area contributed by atoms with Crippen LogP contribution in [0.1, 0.15) is 22.5 Å². The second-order valence-electron chi connectivity index (χ2n) is 4.50. The molecule has 0 spiro atoms. The van der Waals surface area contributed by atoms with Crippen molar-refractivity contribution < 1.29 is 22.0 Å². The molecule has 1 heterocycles. The van der Waals surface area contributed by atoms with E-state index in [1.807, 2.05) is 0 Å². The number of aryl methyl sites for hydroxylation is 1. The second-order valence-corrected chi connectivity index (χ2v) is 6.76. The molecule has 0 fully saturated rings. The van der Waals surface area contributed by atoms with E-state index in [-0.39, 0.29) is 23.7 Å². The highest BCUT2D eigenvalue weighted by atomic mass is 32.2. The van der Waals surface area contributed by atoms with Gasteiger partial charge in [-0.3, -0.25) is 4.79 Å². The first-order valence-electron chi connectivity index (χ1n) is 5.67. The van der Waals surface area contributed by atoms with Crippen molar-refractivity contribution in [2.45, 2.75) is 13.3 Å². The lowest BCUT2D eigenvalue weighted by molar-refractivity contribution is 0.0963. The fraction of sp³-hybridized carbons (Fsp3) is 0.308. The van der Waals surface area contributed by atoms with E-state index in [0.29, 0.717) is 16.5 Å². The van der Waals surface area contributed by atoms with E-state index in [1.165, 1.54) is 18.2 Å². The van der Waals surface area contributed by atoms with Crippen molar-refractivity contribution in [2.75, 3.05) is 12.0 Å². The van der Waals surface area contributed by atoms with Gasteiger partial charge < -0.3 is 4.42 Å². The molecule has 0 unspecified atom stereocenters. The van der Waals surface area contributed by atoms with E-state index in [4.69, 9.17) is 4.42 Å². The summed E-state index contributed by atoms with van der Waals surface area (Å²) in [4.78, 5) is 11.9. The first-order chi connectivity index (χ1) is 8.78. The lowest BCUT2D eigenvalue weighted by atomic mass is 10.1. The third kappa shape index (κ3) is 3.01. The minimum atomic E-state index is -3.20. The molecule has 0 saturated carbocycles. The largest absolute Gasteiger partial charge is 0.453 e. The zero-order valence-corrected chi connectivity index (χ0v) is 11.4. The van der Waals surface area contributed by atoms with Gasteiger partial charge in [0.1, 0.15) is 21.2 Å². The Morgan fingerprint density at radius 3 is 2.68 bits per heavy atom. The number of Topliss-reactive ketones (excluding diaryl/α,β-unsaturated/α-hetero) is 1. The van der Waals surface area contributed by atoms with Crippen LogP contribution in [0.4, 0.5) is 4.39 Å². The highest BCUT2D eigenvalue weighted by Gasteiger charge is 2.19. The van der Waals surface area contributed by atoms with Crippen LogP contribution in [0.3, 0.4) is 0 Å². The van der Waals surface area contributed by atoms with Gasteiger partial charge in [-0.2, -0.15) is 0 Å². The van der Waals surface area contributed by atoms with Gasteiger partial charge in [-0.05, 0) is 25.1 Å². The summed E-state index contributed by atoms with van der Waals surface area (Å²) in [5.74, 6) is -0.924. The maximum atomic E-state index is 13.1. The molecule has 0 atom stereocenters. The molecule has 0 amide bonds. The highest BCUT2D eigenvalue weighted by Crippen LogP contribution is 2.26. The first kappa shape index (κ1) is 13.7. The van der Waals surface area contributed by atoms with Crippen molar-refractivity contribution in [1.82, 2.24) is 0 Å². The van der Waals surface area contributed by atoms with Gasteiger partial charge in [0.2, 0.25) is 0 Å². The number of carbonyl (C=O) groups is 1. The maximum absolute atomic E-state index is 13.1. The van der Waals surface area contributed by atoms with Crippen LogP contribution in [0.2, 0.25) is 0 Å². The SMILES string of the molecule is Cc1c(C(=O)CCS(C)(=O)=O)oc2ccc(F)cc12. The van der Waals surface area contributed by atoms with E-state index in [1.54, 1.807) is 6.92 Å². The third-order valence-electron chi connectivity index (χ3n) is 2.85. The fourth-order valence-electron chi connectivity index (χ4n) is 1.85. The number of carbonyl (C=O) groups excluding carboxylic acids is 1. The Labute approximate surface area is 110 Å². The molecule has 4 nitrogen and oxygen atoms in total. The van der Waals surface area contributed by atoms with Gasteiger partial charge in [0.15, 0.2) is 11.5 Å². The number of hydrogen-bond acceptors (Lipinski definition) is 4. The molecule has 6 heteroatoms. The summed E-state index contributed by atoms with van der Waals surface area (Å²) in [7, 11) is -3.20. The number of furan rings is 1. The predicted octanol–water partition coefficient (Wildman–Crippen LogP) is 2.50. The Balaban J connectivity index is 2.35. The number of hydrogen-bond donors (Lipinski definition) is 0. The molecule has 102 valence electrons. The standard InChI is InChI=1S/C13H13FO4S/c1-8-10-7-9(14)3-4-12(10)18-13(8)11(15)5-6-19(2,16)17/h3-4,7H,5-6H2,1-2H3. The Morgan fingerprint density at radius 1 is 1.37 bits per heavy atom. The van der Waals surface area contributed by atoms with Gasteiger partial charge in [-0.1, -0.05) is 0 Å². The van der Waals surface area contributed by atoms with Crippen LogP contribution in [-0.4, -0.2) is 26.2 Å². The first-order valence-corrected chi connectivity index (χ1v) is 7.73. The van der Waals surface area contributed by atoms with Crippen LogP contribution < -0.4 is 0 Å². The molecule has 1 aromatic carbocycles. The van der Waals surface area contributed by atoms with Crippen LogP contribution in [0.25, 0.3) is 11.0 Å². The van der Waals surface area contributed by atoms with Crippen molar-refractivity contribution in [1.29, 1.82) is 0 Å². The van der Waals surface area contributed by atoms with Crippen molar-refractivity contribution in [2.24, 2.45) is 0 Å². The average molecular weight is 284 g/mol. The third-order valence-corrected chi connectivity index (χ3v) is 3.80. The monoisotopic (exact) mass is 284 g/mol. The molecule has 2 aromatic rings. The molecule has 0 N–H and O–H groups in total. The number of ketones is 1. The molecule has 0 radical (unpaired) electrons. The Kier molecular flexibility index (Phi) is 3.45. The van der Waals surface area contributed by atoms with Crippen molar-refractivity contribution in [3.63, 3.8) is 0 Å². The number of halogens is 1. The summed E-state index contributed by atoms with van der Waals surface area (Å²) in [6.45, 7) is 1.65. The second kappa shape index (κ2) is 4.77. The van der Waals surface area contributed by atoms with Crippen LogP contribution in [0.15, 0.2) is 22.6 Å². The summed E-state index contributed by atoms with van der Waals surface area (Å²) in [6, 6.07) is 3.99. The molecular formula is C13H13FO4S. The summed E-state index contributed by atoms with van der Waals surface area (Å²) < 4.78 is 40.6. The van der Waals surface area contributed by atoms with Gasteiger partial charge in [0.25, 0.3) is 0 Å². The molecule has 2 rings (SSSR count). The van der Waals surface area contributed by atoms with E-state index in [0.717, 1.165) is 6.26 Å². The van der Waals surface area contributed by atoms with Crippen molar-refractivity contribution in [3.8, 4) is 0 Å². The number of rotatable bonds is 4. The van der Waals surface area contributed by atoms with Gasteiger partial charge in [0.05, 0.1) is 5.75 Å². The summed E-state index contributed by atoms with van der Waals surface area (Å²) in [6.07, 6.45) is 0.934. The molecule has 0 aliphatic rings. The van der Waals surface area contributed by atoms with E-state index in [9.17, 15) is 17.6 Å². The zero-order chi connectivity index (χ0) is 14.2. The summed E-state index contributed by atoms with van der Waals surface area (Å²) >= 11 is 0. The molecular weight excluding hydrogens is 271 g/mol. The topological polar surface area (TPSA) is 64.3 Å². The van der Waals surface area contributed by atoms with E-state index in [2.05, 4.69) is 0 Å². The van der Waals surface area contributed by atoms with Crippen molar-refractivity contribution in [3.05, 3.63) is 35.3 Å². The minimum absolute atomic E-state index is 0.101. The lowest BCUT2D eigenvalue weighted by Crippen LogP contribution is -2.09. The molecule has 0 aliphatic heterocycles. The Hall–Kier alpha value is -1.69. The molecule has 0 aliphatic carbocycles. The number of fused-ring (bicyclic) bond motifs is 1. The normalized spacial score (nSPS) is 11.9. The van der Waals surface area contributed by atoms with Crippen LogP contribution in [0, 0.1) is 12.7 Å². The van der Waals surface area contributed by atoms with Crippen LogP contribution in [-0.2, 0) is 9.84 Å². The van der Waals surface area contributed by atoms with Crippen LogP contribution >= 0.6 is 0 Å². The van der Waals surface area contributed by atoms with E-state index >= 15 is 0 Å². The maximum Gasteiger partial charge on any atom is 0.199 e. The highest BCUT2D eigenvalue weighted by molar-refractivity contribution is 7.90. The number of benzene rings is 1. The molecule has 1 aromatic heterocycles. The van der Waals surface area contributed by atoms with Gasteiger partial charge >= 0.3 is 0 Å². The quantitative estimate of drug-likeness (QED) is 0.809. The Bertz CT molecular complexity index is 743. The average Bonchev–Trinajstić information content (AvgIpc) is 2.63. The fourth-order valence-corrected chi connectivity index (χ4v) is 2.41. The zero-order valence-electron chi connectivity index (χ0n) is 10.6. The molecule has 0 saturated heterocycles. The van der Waals surface area contributed by atoms with Crippen LogP contribution in [0.5, 0.6) is 0 Å². The number of sulfone groups is 1. The smallest absolute Gasteiger partial charge is 0.199 e.